The topological polar surface area (TPSA) is 52.7 Å². The Labute approximate surface area is 219 Å². The summed E-state index contributed by atoms with van der Waals surface area (Å²) in [6.07, 6.45) is 8.63. The molecule has 5 nitrogen and oxygen atoms in total. The van der Waals surface area contributed by atoms with Gasteiger partial charge in [-0.25, -0.2) is 0 Å². The summed E-state index contributed by atoms with van der Waals surface area (Å²) in [4.78, 5) is 29.4. The molecule has 1 heterocycles. The SMILES string of the molecule is CC1C(C(=O)NCC(=O)N(C)C)C=C(c2cc(C(C)(C)C)cc(C(C)(C)C)c2)N1CC1CCCCC1. The molecule has 0 spiro atoms. The summed E-state index contributed by atoms with van der Waals surface area (Å²) in [5.74, 6) is 0.221. The molecule has 5 heteroatoms. The highest BCUT2D eigenvalue weighted by Crippen LogP contribution is 2.40. The van der Waals surface area contributed by atoms with Crippen molar-refractivity contribution in [2.45, 2.75) is 97.4 Å². The number of carbonyl (C=O) groups is 2. The molecule has 0 radical (unpaired) electrons. The maximum Gasteiger partial charge on any atom is 0.241 e. The second-order valence-electron chi connectivity index (χ2n) is 13.3. The van der Waals surface area contributed by atoms with Crippen LogP contribution in [0.4, 0.5) is 0 Å². The van der Waals surface area contributed by atoms with Crippen LogP contribution in [0.1, 0.15) is 97.3 Å². The molecule has 1 N–H and O–H groups in total. The molecule has 0 aromatic heterocycles. The van der Waals surface area contributed by atoms with E-state index in [2.05, 4.69) is 83.0 Å². The second-order valence-corrected chi connectivity index (χ2v) is 13.3. The molecule has 2 atom stereocenters. The third-order valence-corrected chi connectivity index (χ3v) is 8.01. The van der Waals surface area contributed by atoms with Gasteiger partial charge < -0.3 is 15.1 Å². The fourth-order valence-corrected chi connectivity index (χ4v) is 5.37. The van der Waals surface area contributed by atoms with Gasteiger partial charge in [0.25, 0.3) is 0 Å². The largest absolute Gasteiger partial charge is 0.367 e. The molecular weight excluding hydrogens is 446 g/mol. The van der Waals surface area contributed by atoms with Crippen LogP contribution in [0.25, 0.3) is 5.70 Å². The third-order valence-electron chi connectivity index (χ3n) is 8.01. The lowest BCUT2D eigenvalue weighted by molar-refractivity contribution is -0.132. The van der Waals surface area contributed by atoms with Crippen molar-refractivity contribution in [1.29, 1.82) is 0 Å². The molecule has 3 rings (SSSR count). The van der Waals surface area contributed by atoms with Crippen molar-refractivity contribution in [3.63, 3.8) is 0 Å². The lowest BCUT2D eigenvalue weighted by Gasteiger charge is -2.35. The van der Waals surface area contributed by atoms with Crippen LogP contribution in [0, 0.1) is 11.8 Å². The third kappa shape index (κ3) is 6.72. The van der Waals surface area contributed by atoms with Crippen LogP contribution in [0.15, 0.2) is 24.3 Å². The average Bonchev–Trinajstić information content (AvgIpc) is 3.12. The van der Waals surface area contributed by atoms with E-state index in [-0.39, 0.29) is 41.1 Å². The quantitative estimate of drug-likeness (QED) is 0.549. The Kier molecular flexibility index (Phi) is 8.63. The second kappa shape index (κ2) is 11.0. The standard InChI is InChI=1S/C31H49N3O2/c1-21-26(29(36)32-19-28(35)33(8)9)18-27(34(21)20-22-13-11-10-12-14-22)23-15-24(30(2,3)4)17-25(16-23)31(5,6)7/h15-18,21-22,26H,10-14,19-20H2,1-9H3,(H,32,36). The predicted molar refractivity (Wildman–Crippen MR) is 150 cm³/mol. The number of nitrogens with one attached hydrogen (secondary N) is 1. The van der Waals surface area contributed by atoms with Crippen LogP contribution in [0.3, 0.4) is 0 Å². The molecular formula is C31H49N3O2. The van der Waals surface area contributed by atoms with E-state index >= 15 is 0 Å². The van der Waals surface area contributed by atoms with E-state index in [1.54, 1.807) is 14.1 Å². The molecule has 1 aliphatic carbocycles. The normalized spacial score (nSPS) is 21.4. The molecule has 2 amide bonds. The van der Waals surface area contributed by atoms with Crippen LogP contribution in [-0.4, -0.2) is 54.8 Å². The zero-order valence-electron chi connectivity index (χ0n) is 24.2. The van der Waals surface area contributed by atoms with Crippen LogP contribution in [-0.2, 0) is 20.4 Å². The van der Waals surface area contributed by atoms with Crippen LogP contribution in [0.2, 0.25) is 0 Å². The minimum Gasteiger partial charge on any atom is -0.367 e. The number of amides is 2. The van der Waals surface area contributed by atoms with Gasteiger partial charge in [0.2, 0.25) is 11.8 Å². The van der Waals surface area contributed by atoms with Crippen molar-refractivity contribution < 1.29 is 9.59 Å². The summed E-state index contributed by atoms with van der Waals surface area (Å²) in [5.41, 5.74) is 5.07. The first kappa shape index (κ1) is 28.3. The van der Waals surface area contributed by atoms with Crippen molar-refractivity contribution in [1.82, 2.24) is 15.1 Å². The molecule has 1 aliphatic heterocycles. The Balaban J connectivity index is 2.01. The number of carbonyl (C=O) groups excluding carboxylic acids is 2. The number of rotatable bonds is 6. The Morgan fingerprint density at radius 2 is 1.50 bits per heavy atom. The first-order valence-corrected chi connectivity index (χ1v) is 13.8. The summed E-state index contributed by atoms with van der Waals surface area (Å²) < 4.78 is 0. The smallest absolute Gasteiger partial charge is 0.241 e. The van der Waals surface area contributed by atoms with Crippen molar-refractivity contribution in [3.8, 4) is 0 Å². The zero-order valence-corrected chi connectivity index (χ0v) is 24.2. The average molecular weight is 496 g/mol. The maximum absolute atomic E-state index is 13.3. The molecule has 0 bridgehead atoms. The molecule has 2 aliphatic rings. The van der Waals surface area contributed by atoms with Crippen molar-refractivity contribution in [2.24, 2.45) is 11.8 Å². The van der Waals surface area contributed by atoms with Gasteiger partial charge in [-0.3, -0.25) is 9.59 Å². The van der Waals surface area contributed by atoms with Crippen molar-refractivity contribution >= 4 is 17.5 Å². The zero-order chi connectivity index (χ0) is 26.8. The molecule has 200 valence electrons. The van der Waals surface area contributed by atoms with Gasteiger partial charge in [0.1, 0.15) is 0 Å². The number of hydrogen-bond donors (Lipinski definition) is 1. The highest BCUT2D eigenvalue weighted by atomic mass is 16.2. The van der Waals surface area contributed by atoms with E-state index < -0.39 is 0 Å². The van der Waals surface area contributed by atoms with Gasteiger partial charge >= 0.3 is 0 Å². The number of benzene rings is 1. The maximum atomic E-state index is 13.3. The Bertz CT molecular complexity index is 942. The van der Waals surface area contributed by atoms with Gasteiger partial charge in [-0.1, -0.05) is 66.9 Å². The summed E-state index contributed by atoms with van der Waals surface area (Å²) in [6, 6.07) is 7.06. The van der Waals surface area contributed by atoms with Gasteiger partial charge in [0, 0.05) is 32.4 Å². The van der Waals surface area contributed by atoms with E-state index in [1.165, 1.54) is 59.4 Å². The van der Waals surface area contributed by atoms with Gasteiger partial charge in [-0.15, -0.1) is 0 Å². The highest BCUT2D eigenvalue weighted by Gasteiger charge is 2.38. The van der Waals surface area contributed by atoms with Crippen molar-refractivity contribution in [3.05, 3.63) is 41.0 Å². The number of nitrogens with zero attached hydrogens (tertiary/aromatic N) is 2. The van der Waals surface area contributed by atoms with Gasteiger partial charge in [-0.2, -0.15) is 0 Å². The summed E-state index contributed by atoms with van der Waals surface area (Å²) in [7, 11) is 3.43. The van der Waals surface area contributed by atoms with Crippen LogP contribution in [0.5, 0.6) is 0 Å². The molecule has 1 aromatic carbocycles. The van der Waals surface area contributed by atoms with Crippen molar-refractivity contribution in [2.75, 3.05) is 27.2 Å². The van der Waals surface area contributed by atoms with E-state index in [0.29, 0.717) is 5.92 Å². The molecule has 2 unspecified atom stereocenters. The van der Waals surface area contributed by atoms with E-state index in [4.69, 9.17) is 0 Å². The number of likely N-dealkylation sites (N-methyl/N-ethyl adjacent to an activating group) is 1. The molecule has 1 aromatic rings. The van der Waals surface area contributed by atoms with Gasteiger partial charge in [0.15, 0.2) is 0 Å². The van der Waals surface area contributed by atoms with Crippen LogP contribution >= 0.6 is 0 Å². The monoisotopic (exact) mass is 495 g/mol. The van der Waals surface area contributed by atoms with E-state index in [0.717, 1.165) is 6.54 Å². The van der Waals surface area contributed by atoms with Gasteiger partial charge in [-0.05, 0) is 71.4 Å². The van der Waals surface area contributed by atoms with Crippen LogP contribution < -0.4 is 5.32 Å². The first-order chi connectivity index (χ1) is 16.7. The Morgan fingerprint density at radius 3 is 2.00 bits per heavy atom. The summed E-state index contributed by atoms with van der Waals surface area (Å²) >= 11 is 0. The molecule has 1 saturated carbocycles. The predicted octanol–water partition coefficient (Wildman–Crippen LogP) is 5.73. The lowest BCUT2D eigenvalue weighted by atomic mass is 9.79. The first-order valence-electron chi connectivity index (χ1n) is 13.8. The van der Waals surface area contributed by atoms with E-state index in [9.17, 15) is 9.59 Å². The minimum absolute atomic E-state index is 0.0261. The fraction of sp³-hybridized carbons (Fsp3) is 0.677. The molecule has 0 saturated heterocycles. The Morgan fingerprint density at radius 1 is 0.944 bits per heavy atom. The molecule has 1 fully saturated rings. The Hall–Kier alpha value is -2.30. The van der Waals surface area contributed by atoms with Gasteiger partial charge in [0.05, 0.1) is 12.5 Å². The van der Waals surface area contributed by atoms with E-state index in [1.807, 2.05) is 0 Å². The minimum atomic E-state index is -0.282. The molecule has 36 heavy (non-hydrogen) atoms. The summed E-state index contributed by atoms with van der Waals surface area (Å²) in [5, 5.41) is 2.90. The fourth-order valence-electron chi connectivity index (χ4n) is 5.37. The number of hydrogen-bond acceptors (Lipinski definition) is 3. The lowest BCUT2D eigenvalue weighted by Crippen LogP contribution is -2.44. The summed E-state index contributed by atoms with van der Waals surface area (Å²) in [6.45, 7) is 16.8. The highest BCUT2D eigenvalue weighted by molar-refractivity contribution is 5.89.